The van der Waals surface area contributed by atoms with Crippen LogP contribution in [0.5, 0.6) is 0 Å². The molecule has 0 bridgehead atoms. The largest absolute Gasteiger partial charge is 0.352 e. The van der Waals surface area contributed by atoms with E-state index in [-0.39, 0.29) is 0 Å². The highest BCUT2D eigenvalue weighted by molar-refractivity contribution is 7.15. The van der Waals surface area contributed by atoms with Gasteiger partial charge >= 0.3 is 0 Å². The fourth-order valence-electron chi connectivity index (χ4n) is 3.21. The first kappa shape index (κ1) is 17.8. The van der Waals surface area contributed by atoms with Crippen molar-refractivity contribution >= 4 is 23.1 Å². The lowest BCUT2D eigenvalue weighted by atomic mass is 10.2. The van der Waals surface area contributed by atoms with Gasteiger partial charge in [-0.2, -0.15) is 0 Å². The minimum Gasteiger partial charge on any atom is -0.352 e. The molecule has 0 radical (unpaired) electrons. The van der Waals surface area contributed by atoms with E-state index in [0.29, 0.717) is 0 Å². The summed E-state index contributed by atoms with van der Waals surface area (Å²) in [6, 6.07) is 4.10. The summed E-state index contributed by atoms with van der Waals surface area (Å²) in [7, 11) is 0. The summed E-state index contributed by atoms with van der Waals surface area (Å²) in [5, 5.41) is 9.94. The predicted octanol–water partition coefficient (Wildman–Crippen LogP) is 2.90. The predicted molar refractivity (Wildman–Crippen MR) is 108 cm³/mol. The van der Waals surface area contributed by atoms with Crippen molar-refractivity contribution in [3.8, 4) is 10.6 Å². The minimum atomic E-state index is 0.810. The van der Waals surface area contributed by atoms with Gasteiger partial charge in [-0.3, -0.25) is 0 Å². The maximum absolute atomic E-state index is 4.49. The van der Waals surface area contributed by atoms with Crippen LogP contribution in [-0.2, 0) is 6.42 Å². The zero-order valence-electron chi connectivity index (χ0n) is 15.9. The number of aryl methyl sites for hydroxylation is 3. The lowest BCUT2D eigenvalue weighted by Crippen LogP contribution is -2.47. The lowest BCUT2D eigenvalue weighted by Gasteiger charge is -2.35. The van der Waals surface area contributed by atoms with Crippen LogP contribution in [0.1, 0.15) is 23.2 Å². The van der Waals surface area contributed by atoms with E-state index >= 15 is 0 Å². The second-order valence-corrected chi connectivity index (χ2v) is 7.85. The van der Waals surface area contributed by atoms with Crippen molar-refractivity contribution in [1.82, 2.24) is 25.1 Å². The quantitative estimate of drug-likeness (QED) is 0.688. The van der Waals surface area contributed by atoms with E-state index in [2.05, 4.69) is 47.9 Å². The third kappa shape index (κ3) is 3.75. The zero-order valence-corrected chi connectivity index (χ0v) is 16.7. The second kappa shape index (κ2) is 7.56. The summed E-state index contributed by atoms with van der Waals surface area (Å²) in [6.45, 7) is 9.66. The number of nitrogens with zero attached hydrogens (tertiary/aromatic N) is 7. The fourth-order valence-corrected chi connectivity index (χ4v) is 4.10. The molecule has 7 nitrogen and oxygen atoms in total. The Kier molecular flexibility index (Phi) is 4.98. The van der Waals surface area contributed by atoms with Crippen molar-refractivity contribution in [3.05, 3.63) is 40.8 Å². The summed E-state index contributed by atoms with van der Waals surface area (Å²) in [4.78, 5) is 19.0. The van der Waals surface area contributed by atoms with Crippen LogP contribution in [0.4, 0.5) is 11.8 Å². The van der Waals surface area contributed by atoms with Crippen molar-refractivity contribution in [2.75, 3.05) is 36.0 Å². The van der Waals surface area contributed by atoms with Crippen molar-refractivity contribution in [2.45, 2.75) is 27.2 Å². The molecule has 1 aliphatic heterocycles. The van der Waals surface area contributed by atoms with E-state index in [0.717, 1.165) is 65.6 Å². The Balaban J connectivity index is 1.41. The molecule has 1 saturated heterocycles. The lowest BCUT2D eigenvalue weighted by molar-refractivity contribution is 0.631. The van der Waals surface area contributed by atoms with Gasteiger partial charge in [-0.05, 0) is 38.0 Å². The van der Waals surface area contributed by atoms with E-state index < -0.39 is 0 Å². The normalized spacial score (nSPS) is 14.6. The summed E-state index contributed by atoms with van der Waals surface area (Å²) in [5.41, 5.74) is 3.08. The monoisotopic (exact) mass is 381 g/mol. The number of hydrogen-bond donors (Lipinski definition) is 0. The molecule has 1 fully saturated rings. The van der Waals surface area contributed by atoms with Crippen LogP contribution >= 0.6 is 11.3 Å². The molecule has 27 heavy (non-hydrogen) atoms. The van der Waals surface area contributed by atoms with Crippen molar-refractivity contribution in [1.29, 1.82) is 0 Å². The summed E-state index contributed by atoms with van der Waals surface area (Å²) in [5.74, 6) is 1.73. The van der Waals surface area contributed by atoms with E-state index in [1.165, 1.54) is 5.56 Å². The van der Waals surface area contributed by atoms with Gasteiger partial charge in [0, 0.05) is 38.6 Å². The highest BCUT2D eigenvalue weighted by atomic mass is 32.1. The van der Waals surface area contributed by atoms with Crippen LogP contribution in [0, 0.1) is 13.8 Å². The van der Waals surface area contributed by atoms with E-state index in [1.54, 1.807) is 11.3 Å². The van der Waals surface area contributed by atoms with Crippen LogP contribution in [0.15, 0.2) is 24.5 Å². The van der Waals surface area contributed by atoms with Crippen LogP contribution in [0.2, 0.25) is 0 Å². The number of rotatable bonds is 4. The summed E-state index contributed by atoms with van der Waals surface area (Å²) in [6.07, 6.45) is 4.80. The third-order valence-corrected chi connectivity index (χ3v) is 5.87. The second-order valence-electron chi connectivity index (χ2n) is 6.64. The Morgan fingerprint density at radius 3 is 2.22 bits per heavy atom. The average Bonchev–Trinajstić information content (AvgIpc) is 3.06. The molecule has 0 amide bonds. The van der Waals surface area contributed by atoms with Crippen molar-refractivity contribution in [3.63, 3.8) is 0 Å². The molecule has 0 unspecified atom stereocenters. The molecule has 0 saturated carbocycles. The van der Waals surface area contributed by atoms with Crippen LogP contribution in [0.25, 0.3) is 10.6 Å². The SMILES string of the molecule is CCc1cnc(N2CCN(c3ccc(-c4sc(C)nc4C)nn3)CC2)nc1. The van der Waals surface area contributed by atoms with Gasteiger partial charge in [0.25, 0.3) is 0 Å². The van der Waals surface area contributed by atoms with Crippen LogP contribution in [-0.4, -0.2) is 51.3 Å². The van der Waals surface area contributed by atoms with Gasteiger partial charge in [-0.15, -0.1) is 21.5 Å². The Morgan fingerprint density at radius 1 is 0.963 bits per heavy atom. The maximum atomic E-state index is 4.49. The molecule has 0 aliphatic carbocycles. The van der Waals surface area contributed by atoms with Crippen molar-refractivity contribution < 1.29 is 0 Å². The highest BCUT2D eigenvalue weighted by Gasteiger charge is 2.20. The topological polar surface area (TPSA) is 70.9 Å². The third-order valence-electron chi connectivity index (χ3n) is 4.77. The van der Waals surface area contributed by atoms with Gasteiger partial charge < -0.3 is 9.80 Å². The van der Waals surface area contributed by atoms with Crippen molar-refractivity contribution in [2.24, 2.45) is 0 Å². The first-order chi connectivity index (χ1) is 13.1. The molecule has 4 heterocycles. The maximum Gasteiger partial charge on any atom is 0.225 e. The van der Waals surface area contributed by atoms with Gasteiger partial charge in [-0.25, -0.2) is 15.0 Å². The molecule has 3 aromatic rings. The number of thiazole rings is 1. The Bertz CT molecular complexity index is 897. The average molecular weight is 382 g/mol. The highest BCUT2D eigenvalue weighted by Crippen LogP contribution is 2.28. The van der Waals surface area contributed by atoms with Crippen LogP contribution < -0.4 is 9.80 Å². The Morgan fingerprint density at radius 2 is 1.67 bits per heavy atom. The molecule has 0 aromatic carbocycles. The minimum absolute atomic E-state index is 0.810. The number of aromatic nitrogens is 5. The first-order valence-corrected chi connectivity index (χ1v) is 10.0. The smallest absolute Gasteiger partial charge is 0.225 e. The number of piperazine rings is 1. The van der Waals surface area contributed by atoms with Gasteiger partial charge in [0.15, 0.2) is 5.82 Å². The molecular weight excluding hydrogens is 358 g/mol. The molecule has 0 atom stereocenters. The number of hydrogen-bond acceptors (Lipinski definition) is 8. The molecule has 0 N–H and O–H groups in total. The zero-order chi connectivity index (χ0) is 18.8. The molecule has 3 aromatic heterocycles. The molecule has 0 spiro atoms. The van der Waals surface area contributed by atoms with Gasteiger partial charge in [0.2, 0.25) is 5.95 Å². The van der Waals surface area contributed by atoms with E-state index in [4.69, 9.17) is 0 Å². The first-order valence-electron chi connectivity index (χ1n) is 9.23. The van der Waals surface area contributed by atoms with Gasteiger partial charge in [0.1, 0.15) is 5.69 Å². The molecule has 1 aliphatic rings. The molecule has 4 rings (SSSR count). The fraction of sp³-hybridized carbons (Fsp3) is 0.421. The molecule has 140 valence electrons. The Labute approximate surface area is 163 Å². The number of anilines is 2. The van der Waals surface area contributed by atoms with Gasteiger partial charge in [-0.1, -0.05) is 6.92 Å². The molecule has 8 heteroatoms. The summed E-state index contributed by atoms with van der Waals surface area (Å²) >= 11 is 1.66. The van der Waals surface area contributed by atoms with Gasteiger partial charge in [0.05, 0.1) is 15.6 Å². The summed E-state index contributed by atoms with van der Waals surface area (Å²) < 4.78 is 0. The van der Waals surface area contributed by atoms with E-state index in [9.17, 15) is 0 Å². The standard InChI is InChI=1S/C19H23N7S/c1-4-15-11-20-19(21-12-15)26-9-7-25(8-10-26)17-6-5-16(23-24-17)18-13(2)22-14(3)27-18/h5-6,11-12H,4,7-10H2,1-3H3. The van der Waals surface area contributed by atoms with Crippen LogP contribution in [0.3, 0.4) is 0 Å². The molecular formula is C19H23N7S. The van der Waals surface area contributed by atoms with E-state index in [1.807, 2.05) is 32.3 Å². The Hall–Kier alpha value is -2.61.